The van der Waals surface area contributed by atoms with Crippen LogP contribution in [0.15, 0.2) is 59.1 Å². The van der Waals surface area contributed by atoms with Crippen LogP contribution in [-0.4, -0.2) is 27.4 Å². The first-order chi connectivity index (χ1) is 16.5. The summed E-state index contributed by atoms with van der Waals surface area (Å²) < 4.78 is 22.8. The molecule has 0 atom stereocenters. The molecule has 8 heteroatoms. The van der Waals surface area contributed by atoms with E-state index < -0.39 is 0 Å². The topological polar surface area (TPSA) is 90.2 Å². The van der Waals surface area contributed by atoms with Crippen LogP contribution in [0.1, 0.15) is 25.0 Å². The van der Waals surface area contributed by atoms with Crippen LogP contribution < -0.4 is 10.6 Å². The SMILES string of the molecule is Cc1nn(-c2ccc3onc(N)c3c2)c2c(F)c(-c3ccc(N4CCCCC4=O)cc3)ccc12. The van der Waals surface area contributed by atoms with Crippen molar-refractivity contribution in [3.63, 3.8) is 0 Å². The number of amides is 1. The number of nitrogens with zero attached hydrogens (tertiary/aromatic N) is 4. The summed E-state index contributed by atoms with van der Waals surface area (Å²) in [6.07, 6.45) is 2.50. The number of halogens is 1. The molecule has 0 saturated carbocycles. The van der Waals surface area contributed by atoms with Gasteiger partial charge in [0.05, 0.1) is 16.8 Å². The van der Waals surface area contributed by atoms with Crippen LogP contribution in [0.3, 0.4) is 0 Å². The largest absolute Gasteiger partial charge is 0.380 e. The van der Waals surface area contributed by atoms with Gasteiger partial charge in [0.1, 0.15) is 5.52 Å². The van der Waals surface area contributed by atoms with Gasteiger partial charge in [-0.25, -0.2) is 9.07 Å². The second-order valence-corrected chi connectivity index (χ2v) is 8.62. The number of nitrogen functional groups attached to an aromatic ring is 1. The van der Waals surface area contributed by atoms with Crippen molar-refractivity contribution in [1.82, 2.24) is 14.9 Å². The molecule has 0 aliphatic carbocycles. The second kappa shape index (κ2) is 7.69. The minimum atomic E-state index is -0.363. The van der Waals surface area contributed by atoms with Crippen molar-refractivity contribution in [2.45, 2.75) is 26.2 Å². The summed E-state index contributed by atoms with van der Waals surface area (Å²) in [4.78, 5) is 14.1. The van der Waals surface area contributed by atoms with E-state index >= 15 is 4.39 Å². The fourth-order valence-electron chi connectivity index (χ4n) is 4.70. The summed E-state index contributed by atoms with van der Waals surface area (Å²) in [5.41, 5.74) is 10.3. The zero-order valence-corrected chi connectivity index (χ0v) is 18.6. The lowest BCUT2D eigenvalue weighted by atomic mass is 10.0. The van der Waals surface area contributed by atoms with E-state index in [4.69, 9.17) is 10.3 Å². The Hall–Kier alpha value is -4.20. The van der Waals surface area contributed by atoms with E-state index in [2.05, 4.69) is 10.3 Å². The molecule has 6 rings (SSSR count). The first-order valence-corrected chi connectivity index (χ1v) is 11.2. The molecule has 1 aliphatic heterocycles. The van der Waals surface area contributed by atoms with E-state index in [1.165, 1.54) is 0 Å². The molecule has 0 unspecified atom stereocenters. The lowest BCUT2D eigenvalue weighted by Crippen LogP contribution is -2.35. The summed E-state index contributed by atoms with van der Waals surface area (Å²) in [5.74, 6) is 0.0492. The lowest BCUT2D eigenvalue weighted by molar-refractivity contribution is -0.119. The molecule has 1 amide bonds. The molecule has 170 valence electrons. The number of hydrogen-bond donors (Lipinski definition) is 1. The Kier molecular flexibility index (Phi) is 4.62. The second-order valence-electron chi connectivity index (χ2n) is 8.62. The van der Waals surface area contributed by atoms with Crippen molar-refractivity contribution in [3.8, 4) is 16.8 Å². The van der Waals surface area contributed by atoms with Crippen LogP contribution in [0.5, 0.6) is 0 Å². The molecular formula is C26H22FN5O2. The van der Waals surface area contributed by atoms with Crippen molar-refractivity contribution in [2.75, 3.05) is 17.2 Å². The van der Waals surface area contributed by atoms with Gasteiger partial charge in [-0.15, -0.1) is 0 Å². The number of piperidine rings is 1. The fraction of sp³-hybridized carbons (Fsp3) is 0.192. The highest BCUT2D eigenvalue weighted by Gasteiger charge is 2.21. The molecule has 1 fully saturated rings. The molecule has 3 heterocycles. The molecule has 2 N–H and O–H groups in total. The van der Waals surface area contributed by atoms with Gasteiger partial charge in [-0.05, 0) is 55.7 Å². The number of carbonyl (C=O) groups is 1. The third-order valence-electron chi connectivity index (χ3n) is 6.51. The van der Waals surface area contributed by atoms with Gasteiger partial charge in [-0.2, -0.15) is 5.10 Å². The number of aromatic nitrogens is 3. The Balaban J connectivity index is 1.45. The number of nitrogens with two attached hydrogens (primary N) is 1. The van der Waals surface area contributed by atoms with Crippen molar-refractivity contribution in [1.29, 1.82) is 0 Å². The van der Waals surface area contributed by atoms with E-state index in [1.807, 2.05) is 37.3 Å². The van der Waals surface area contributed by atoms with Gasteiger partial charge in [0.25, 0.3) is 0 Å². The molecule has 0 bridgehead atoms. The van der Waals surface area contributed by atoms with Gasteiger partial charge in [0, 0.05) is 29.6 Å². The van der Waals surface area contributed by atoms with Gasteiger partial charge in [0.2, 0.25) is 5.91 Å². The predicted octanol–water partition coefficient (Wildman–Crippen LogP) is 5.38. The zero-order valence-electron chi connectivity index (χ0n) is 18.6. The van der Waals surface area contributed by atoms with Crippen molar-refractivity contribution in [2.24, 2.45) is 0 Å². The first-order valence-electron chi connectivity index (χ1n) is 11.2. The van der Waals surface area contributed by atoms with E-state index in [1.54, 1.807) is 33.8 Å². The maximum atomic E-state index is 16.0. The van der Waals surface area contributed by atoms with Crippen LogP contribution in [-0.2, 0) is 4.79 Å². The minimum Gasteiger partial charge on any atom is -0.380 e. The Morgan fingerprint density at radius 3 is 2.59 bits per heavy atom. The number of anilines is 2. The first kappa shape index (κ1) is 20.4. The average molecular weight is 455 g/mol. The maximum Gasteiger partial charge on any atom is 0.226 e. The van der Waals surface area contributed by atoms with Crippen LogP contribution in [0.2, 0.25) is 0 Å². The van der Waals surface area contributed by atoms with Crippen LogP contribution in [0, 0.1) is 12.7 Å². The molecule has 2 aromatic heterocycles. The Bertz CT molecular complexity index is 1570. The number of aryl methyl sites for hydroxylation is 1. The smallest absolute Gasteiger partial charge is 0.226 e. The van der Waals surface area contributed by atoms with Crippen LogP contribution >= 0.6 is 0 Å². The van der Waals surface area contributed by atoms with Gasteiger partial charge in [-0.1, -0.05) is 29.4 Å². The van der Waals surface area contributed by atoms with Gasteiger partial charge >= 0.3 is 0 Å². The monoisotopic (exact) mass is 455 g/mol. The number of rotatable bonds is 3. The lowest BCUT2D eigenvalue weighted by Gasteiger charge is -2.26. The molecule has 0 spiro atoms. The molecule has 5 aromatic rings. The Labute approximate surface area is 194 Å². The Morgan fingerprint density at radius 1 is 1.00 bits per heavy atom. The summed E-state index contributed by atoms with van der Waals surface area (Å²) in [5, 5.41) is 9.77. The molecule has 34 heavy (non-hydrogen) atoms. The molecule has 1 aliphatic rings. The van der Waals surface area contributed by atoms with Crippen LogP contribution in [0.25, 0.3) is 38.7 Å². The summed E-state index contributed by atoms with van der Waals surface area (Å²) in [6.45, 7) is 2.58. The van der Waals surface area contributed by atoms with E-state index in [-0.39, 0.29) is 17.5 Å². The zero-order chi connectivity index (χ0) is 23.4. The molecule has 7 nitrogen and oxygen atoms in total. The maximum absolute atomic E-state index is 16.0. The quantitative estimate of drug-likeness (QED) is 0.394. The number of fused-ring (bicyclic) bond motifs is 2. The normalized spacial score (nSPS) is 14.4. The van der Waals surface area contributed by atoms with Gasteiger partial charge < -0.3 is 15.2 Å². The summed E-state index contributed by atoms with van der Waals surface area (Å²) >= 11 is 0. The highest BCUT2D eigenvalue weighted by Crippen LogP contribution is 2.34. The fourth-order valence-corrected chi connectivity index (χ4v) is 4.70. The standard InChI is InChI=1S/C26H22FN5O2/c1-15-19-10-11-20(16-5-7-17(8-6-16)31-13-3-2-4-23(31)33)24(27)25(19)32(29-15)18-9-12-22-21(14-18)26(28)30-34-22/h5-12,14H,2-4,13H2,1H3,(H2,28,30). The van der Waals surface area contributed by atoms with E-state index in [0.717, 1.165) is 41.7 Å². The molecule has 0 radical (unpaired) electrons. The van der Waals surface area contributed by atoms with Gasteiger partial charge in [0.15, 0.2) is 17.2 Å². The number of carbonyl (C=O) groups excluding carboxylic acids is 1. The molecular weight excluding hydrogens is 433 g/mol. The van der Waals surface area contributed by atoms with E-state index in [9.17, 15) is 4.79 Å². The van der Waals surface area contributed by atoms with Crippen molar-refractivity contribution >= 4 is 39.3 Å². The van der Waals surface area contributed by atoms with Crippen molar-refractivity contribution < 1.29 is 13.7 Å². The predicted molar refractivity (Wildman–Crippen MR) is 129 cm³/mol. The number of benzene rings is 3. The van der Waals surface area contributed by atoms with Crippen molar-refractivity contribution in [3.05, 3.63) is 66.1 Å². The minimum absolute atomic E-state index is 0.136. The Morgan fingerprint density at radius 2 is 1.79 bits per heavy atom. The molecule has 3 aromatic carbocycles. The third kappa shape index (κ3) is 3.14. The highest BCUT2D eigenvalue weighted by atomic mass is 19.1. The summed E-state index contributed by atoms with van der Waals surface area (Å²) in [6, 6.07) is 16.5. The average Bonchev–Trinajstić information content (AvgIpc) is 3.40. The van der Waals surface area contributed by atoms with Crippen LogP contribution in [0.4, 0.5) is 15.9 Å². The third-order valence-corrected chi connectivity index (χ3v) is 6.51. The van der Waals surface area contributed by atoms with E-state index in [0.29, 0.717) is 34.2 Å². The summed E-state index contributed by atoms with van der Waals surface area (Å²) in [7, 11) is 0. The highest BCUT2D eigenvalue weighted by molar-refractivity contribution is 5.95. The number of hydrogen-bond acceptors (Lipinski definition) is 5. The molecule has 1 saturated heterocycles. The van der Waals surface area contributed by atoms with Gasteiger partial charge in [-0.3, -0.25) is 4.79 Å².